The molecule has 1 aromatic rings. The summed E-state index contributed by atoms with van der Waals surface area (Å²) in [6, 6.07) is 4.44. The highest BCUT2D eigenvalue weighted by Gasteiger charge is 2.39. The van der Waals surface area contributed by atoms with Crippen LogP contribution < -0.4 is 5.73 Å². The third kappa shape index (κ3) is 2.63. The van der Waals surface area contributed by atoms with Crippen LogP contribution >= 0.6 is 11.3 Å². The van der Waals surface area contributed by atoms with Crippen LogP contribution in [0.15, 0.2) is 17.5 Å². The number of likely N-dealkylation sites (N-methyl/N-ethyl adjacent to an activating group) is 1. The van der Waals surface area contributed by atoms with E-state index in [0.717, 1.165) is 24.3 Å². The van der Waals surface area contributed by atoms with Crippen LogP contribution in [0.5, 0.6) is 0 Å². The van der Waals surface area contributed by atoms with Gasteiger partial charge in [0.05, 0.1) is 6.04 Å². The second-order valence-electron chi connectivity index (χ2n) is 6.28. The Kier molecular flexibility index (Phi) is 3.73. The third-order valence-electron chi connectivity index (χ3n) is 4.85. The normalized spacial score (nSPS) is 32.3. The van der Waals surface area contributed by atoms with Crippen molar-refractivity contribution >= 4 is 11.3 Å². The van der Waals surface area contributed by atoms with E-state index in [0.29, 0.717) is 0 Å². The zero-order valence-corrected chi connectivity index (χ0v) is 12.0. The molecule has 4 unspecified atom stereocenters. The Morgan fingerprint density at radius 2 is 2.33 bits per heavy atom. The van der Waals surface area contributed by atoms with Crippen LogP contribution in [0.1, 0.15) is 36.6 Å². The van der Waals surface area contributed by atoms with Crippen LogP contribution in [-0.2, 0) is 0 Å². The van der Waals surface area contributed by atoms with Gasteiger partial charge in [0.1, 0.15) is 0 Å². The monoisotopic (exact) mass is 264 g/mol. The van der Waals surface area contributed by atoms with Crippen molar-refractivity contribution in [1.82, 2.24) is 4.90 Å². The lowest BCUT2D eigenvalue weighted by atomic mass is 9.88. The second kappa shape index (κ2) is 5.32. The first kappa shape index (κ1) is 12.6. The molecular formula is C15H24N2S. The molecule has 1 aromatic heterocycles. The Bertz CT molecular complexity index is 376. The van der Waals surface area contributed by atoms with E-state index in [1.54, 1.807) is 11.3 Å². The minimum atomic E-state index is 0.189. The molecule has 2 nitrogen and oxygen atoms in total. The van der Waals surface area contributed by atoms with Gasteiger partial charge in [-0.3, -0.25) is 0 Å². The van der Waals surface area contributed by atoms with Gasteiger partial charge in [-0.2, -0.15) is 0 Å². The highest BCUT2D eigenvalue weighted by atomic mass is 32.1. The second-order valence-corrected chi connectivity index (χ2v) is 7.26. The Morgan fingerprint density at radius 3 is 2.94 bits per heavy atom. The van der Waals surface area contributed by atoms with Gasteiger partial charge in [-0.05, 0) is 55.5 Å². The van der Waals surface area contributed by atoms with E-state index in [1.165, 1.54) is 37.1 Å². The molecule has 1 heterocycles. The molecule has 4 atom stereocenters. The standard InChI is InChI=1S/C15H24N2S/c1-17(10-14(16)15-3-2-6-18-15)9-13-8-11-4-5-12(13)7-11/h2-3,6,11-14H,4-5,7-10,16H2,1H3. The summed E-state index contributed by atoms with van der Waals surface area (Å²) >= 11 is 1.78. The van der Waals surface area contributed by atoms with Crippen LogP contribution in [0.2, 0.25) is 0 Å². The van der Waals surface area contributed by atoms with Gasteiger partial charge >= 0.3 is 0 Å². The van der Waals surface area contributed by atoms with Gasteiger partial charge in [0.15, 0.2) is 0 Å². The summed E-state index contributed by atoms with van der Waals surface area (Å²) in [5, 5.41) is 2.12. The molecule has 2 aliphatic rings. The van der Waals surface area contributed by atoms with Gasteiger partial charge in [0, 0.05) is 18.0 Å². The smallest absolute Gasteiger partial charge is 0.0518 e. The Balaban J connectivity index is 1.48. The molecule has 2 N–H and O–H groups in total. The fourth-order valence-corrected chi connectivity index (χ4v) is 4.72. The van der Waals surface area contributed by atoms with E-state index in [9.17, 15) is 0 Å². The maximum Gasteiger partial charge on any atom is 0.0518 e. The van der Waals surface area contributed by atoms with Gasteiger partial charge in [-0.25, -0.2) is 0 Å². The van der Waals surface area contributed by atoms with Gasteiger partial charge < -0.3 is 10.6 Å². The molecule has 0 amide bonds. The van der Waals surface area contributed by atoms with Gasteiger partial charge in [-0.1, -0.05) is 12.5 Å². The molecule has 100 valence electrons. The number of rotatable bonds is 5. The van der Waals surface area contributed by atoms with Crippen LogP contribution in [-0.4, -0.2) is 25.0 Å². The predicted octanol–water partition coefficient (Wildman–Crippen LogP) is 3.12. The Labute approximate surface area is 114 Å². The summed E-state index contributed by atoms with van der Waals surface area (Å²) in [6.45, 7) is 2.24. The molecule has 0 aromatic carbocycles. The van der Waals surface area contributed by atoms with Crippen molar-refractivity contribution in [2.75, 3.05) is 20.1 Å². The summed E-state index contributed by atoms with van der Waals surface area (Å²) in [5.41, 5.74) is 6.26. The molecule has 3 rings (SSSR count). The SMILES string of the molecule is CN(CC(N)c1cccs1)CC1CC2CCC1C2. The van der Waals surface area contributed by atoms with Gasteiger partial charge in [0.2, 0.25) is 0 Å². The minimum Gasteiger partial charge on any atom is -0.322 e. The molecule has 0 radical (unpaired) electrons. The largest absolute Gasteiger partial charge is 0.322 e. The van der Waals surface area contributed by atoms with Gasteiger partial charge in [0.25, 0.3) is 0 Å². The van der Waals surface area contributed by atoms with Crippen molar-refractivity contribution in [3.8, 4) is 0 Å². The molecular weight excluding hydrogens is 240 g/mol. The zero-order valence-electron chi connectivity index (χ0n) is 11.2. The summed E-state index contributed by atoms with van der Waals surface area (Å²) in [7, 11) is 2.24. The quantitative estimate of drug-likeness (QED) is 0.885. The molecule has 2 saturated carbocycles. The Hall–Kier alpha value is -0.380. The van der Waals surface area contributed by atoms with Crippen molar-refractivity contribution in [3.63, 3.8) is 0 Å². The lowest BCUT2D eigenvalue weighted by Crippen LogP contribution is -2.34. The first-order valence-corrected chi connectivity index (χ1v) is 8.08. The molecule has 2 aliphatic carbocycles. The summed E-state index contributed by atoms with van der Waals surface area (Å²) in [5.74, 6) is 3.03. The first-order valence-electron chi connectivity index (χ1n) is 7.20. The van der Waals surface area contributed by atoms with Crippen molar-refractivity contribution in [3.05, 3.63) is 22.4 Å². The molecule has 0 saturated heterocycles. The molecule has 2 fully saturated rings. The lowest BCUT2D eigenvalue weighted by molar-refractivity contribution is 0.212. The van der Waals surface area contributed by atoms with Gasteiger partial charge in [-0.15, -0.1) is 11.3 Å². The van der Waals surface area contributed by atoms with Crippen molar-refractivity contribution in [2.45, 2.75) is 31.7 Å². The summed E-state index contributed by atoms with van der Waals surface area (Å²) in [4.78, 5) is 3.77. The number of fused-ring (bicyclic) bond motifs is 2. The number of hydrogen-bond donors (Lipinski definition) is 1. The van der Waals surface area contributed by atoms with E-state index < -0.39 is 0 Å². The van der Waals surface area contributed by atoms with E-state index in [1.807, 2.05) is 0 Å². The summed E-state index contributed by atoms with van der Waals surface area (Å²) < 4.78 is 0. The molecule has 3 heteroatoms. The first-order chi connectivity index (χ1) is 8.72. The lowest BCUT2D eigenvalue weighted by Gasteiger charge is -2.28. The van der Waals surface area contributed by atoms with E-state index in [4.69, 9.17) is 5.73 Å². The van der Waals surface area contributed by atoms with Crippen molar-refractivity contribution in [1.29, 1.82) is 0 Å². The number of nitrogens with zero attached hydrogens (tertiary/aromatic N) is 1. The highest BCUT2D eigenvalue weighted by Crippen LogP contribution is 2.48. The topological polar surface area (TPSA) is 29.3 Å². The minimum absolute atomic E-state index is 0.189. The van der Waals surface area contributed by atoms with Crippen LogP contribution in [0.4, 0.5) is 0 Å². The molecule has 0 aliphatic heterocycles. The summed E-state index contributed by atoms with van der Waals surface area (Å²) in [6.07, 6.45) is 5.97. The third-order valence-corrected chi connectivity index (χ3v) is 5.85. The number of hydrogen-bond acceptors (Lipinski definition) is 3. The maximum absolute atomic E-state index is 6.26. The van der Waals surface area contributed by atoms with Crippen LogP contribution in [0, 0.1) is 17.8 Å². The highest BCUT2D eigenvalue weighted by molar-refractivity contribution is 7.10. The number of nitrogens with two attached hydrogens (primary N) is 1. The van der Waals surface area contributed by atoms with Crippen molar-refractivity contribution < 1.29 is 0 Å². The zero-order chi connectivity index (χ0) is 12.5. The molecule has 0 spiro atoms. The average molecular weight is 264 g/mol. The maximum atomic E-state index is 6.26. The Morgan fingerprint density at radius 1 is 1.44 bits per heavy atom. The van der Waals surface area contributed by atoms with Crippen molar-refractivity contribution in [2.24, 2.45) is 23.5 Å². The van der Waals surface area contributed by atoms with Crippen LogP contribution in [0.3, 0.4) is 0 Å². The predicted molar refractivity (Wildman–Crippen MR) is 77.7 cm³/mol. The van der Waals surface area contributed by atoms with E-state index in [2.05, 4.69) is 29.5 Å². The number of thiophene rings is 1. The fraction of sp³-hybridized carbons (Fsp3) is 0.733. The molecule has 18 heavy (non-hydrogen) atoms. The van der Waals surface area contributed by atoms with E-state index >= 15 is 0 Å². The van der Waals surface area contributed by atoms with Crippen LogP contribution in [0.25, 0.3) is 0 Å². The molecule has 2 bridgehead atoms. The van der Waals surface area contributed by atoms with E-state index in [-0.39, 0.29) is 6.04 Å². The fourth-order valence-electron chi connectivity index (χ4n) is 4.00. The average Bonchev–Trinajstić information content (AvgIpc) is 3.06.